The molecule has 0 aliphatic carbocycles. The Kier molecular flexibility index (Phi) is 4.23. The van der Waals surface area contributed by atoms with Gasteiger partial charge in [-0.05, 0) is 40.8 Å². The van der Waals surface area contributed by atoms with E-state index in [-0.39, 0.29) is 5.91 Å². The molecule has 4 nitrogen and oxygen atoms in total. The zero-order valence-corrected chi connectivity index (χ0v) is 11.5. The molecule has 1 aromatic rings. The highest BCUT2D eigenvalue weighted by Crippen LogP contribution is 2.15. The Morgan fingerprint density at radius 1 is 1.71 bits per heavy atom. The van der Waals surface area contributed by atoms with Crippen molar-refractivity contribution in [2.75, 3.05) is 19.8 Å². The maximum absolute atomic E-state index is 11.9. The number of halogens is 1. The normalized spacial score (nSPS) is 20.2. The third kappa shape index (κ3) is 3.33. The second-order valence-electron chi connectivity index (χ2n) is 4.45. The largest absolute Gasteiger partial charge is 0.381 e. The summed E-state index contributed by atoms with van der Waals surface area (Å²) in [6.07, 6.45) is 4.10. The molecule has 1 unspecified atom stereocenters. The second kappa shape index (κ2) is 5.69. The van der Waals surface area contributed by atoms with Crippen molar-refractivity contribution in [3.8, 4) is 0 Å². The van der Waals surface area contributed by atoms with E-state index in [1.807, 2.05) is 23.9 Å². The Hall–Kier alpha value is -0.810. The van der Waals surface area contributed by atoms with Crippen LogP contribution in [-0.4, -0.2) is 30.2 Å². The molecule has 1 aromatic heterocycles. The predicted octanol–water partition coefficient (Wildman–Crippen LogP) is 1.94. The van der Waals surface area contributed by atoms with E-state index in [4.69, 9.17) is 4.74 Å². The molecule has 17 heavy (non-hydrogen) atoms. The van der Waals surface area contributed by atoms with E-state index < -0.39 is 0 Å². The van der Waals surface area contributed by atoms with Gasteiger partial charge in [0.05, 0.1) is 6.61 Å². The summed E-state index contributed by atoms with van der Waals surface area (Å²) in [5.74, 6) is 0.431. The number of carbonyl (C=O) groups is 1. The molecule has 5 heteroatoms. The SMILES string of the molecule is Cn1cc(Br)cc1C(=O)NCC1CCCOC1. The lowest BCUT2D eigenvalue weighted by Gasteiger charge is -2.22. The van der Waals surface area contributed by atoms with Gasteiger partial charge in [0.25, 0.3) is 5.91 Å². The Morgan fingerprint density at radius 3 is 3.12 bits per heavy atom. The predicted molar refractivity (Wildman–Crippen MR) is 69.0 cm³/mol. The van der Waals surface area contributed by atoms with Crippen molar-refractivity contribution in [2.24, 2.45) is 13.0 Å². The fourth-order valence-electron chi connectivity index (χ4n) is 2.05. The van der Waals surface area contributed by atoms with E-state index in [2.05, 4.69) is 21.2 Å². The lowest BCUT2D eigenvalue weighted by Crippen LogP contribution is -2.33. The molecule has 2 rings (SSSR count). The number of aromatic nitrogens is 1. The van der Waals surface area contributed by atoms with Crippen LogP contribution >= 0.6 is 15.9 Å². The summed E-state index contributed by atoms with van der Waals surface area (Å²) in [5, 5.41) is 2.96. The van der Waals surface area contributed by atoms with Crippen molar-refractivity contribution in [2.45, 2.75) is 12.8 Å². The highest BCUT2D eigenvalue weighted by atomic mass is 79.9. The highest BCUT2D eigenvalue weighted by Gasteiger charge is 2.16. The van der Waals surface area contributed by atoms with Crippen LogP contribution in [0.4, 0.5) is 0 Å². The van der Waals surface area contributed by atoms with Crippen LogP contribution in [0.1, 0.15) is 23.3 Å². The maximum atomic E-state index is 11.9. The molecule has 1 aliphatic heterocycles. The van der Waals surface area contributed by atoms with Crippen molar-refractivity contribution in [3.05, 3.63) is 22.4 Å². The quantitative estimate of drug-likeness (QED) is 0.927. The molecule has 1 atom stereocenters. The van der Waals surface area contributed by atoms with Gasteiger partial charge in [-0.2, -0.15) is 0 Å². The van der Waals surface area contributed by atoms with Crippen molar-refractivity contribution in [1.82, 2.24) is 9.88 Å². The monoisotopic (exact) mass is 300 g/mol. The van der Waals surface area contributed by atoms with E-state index in [1.165, 1.54) is 0 Å². The number of hydrogen-bond acceptors (Lipinski definition) is 2. The molecule has 1 saturated heterocycles. The van der Waals surface area contributed by atoms with Gasteiger partial charge < -0.3 is 14.6 Å². The summed E-state index contributed by atoms with van der Waals surface area (Å²) in [6, 6.07) is 1.83. The zero-order chi connectivity index (χ0) is 12.3. The van der Waals surface area contributed by atoms with Gasteiger partial charge >= 0.3 is 0 Å². The van der Waals surface area contributed by atoms with Crippen LogP contribution in [0.3, 0.4) is 0 Å². The van der Waals surface area contributed by atoms with Crippen LogP contribution in [0.5, 0.6) is 0 Å². The van der Waals surface area contributed by atoms with E-state index in [9.17, 15) is 4.79 Å². The summed E-state index contributed by atoms with van der Waals surface area (Å²) < 4.78 is 8.12. The third-order valence-electron chi connectivity index (χ3n) is 3.01. The molecule has 1 amide bonds. The van der Waals surface area contributed by atoms with Crippen LogP contribution in [0.2, 0.25) is 0 Å². The van der Waals surface area contributed by atoms with Crippen LogP contribution in [0.15, 0.2) is 16.7 Å². The fourth-order valence-corrected chi connectivity index (χ4v) is 2.57. The summed E-state index contributed by atoms with van der Waals surface area (Å²) in [6.45, 7) is 2.31. The van der Waals surface area contributed by atoms with E-state index in [0.717, 1.165) is 30.5 Å². The van der Waals surface area contributed by atoms with Gasteiger partial charge in [-0.15, -0.1) is 0 Å². The Labute approximate surface area is 109 Å². The van der Waals surface area contributed by atoms with E-state index in [0.29, 0.717) is 18.2 Å². The molecule has 94 valence electrons. The number of nitrogens with zero attached hydrogens (tertiary/aromatic N) is 1. The first-order valence-corrected chi connectivity index (χ1v) is 6.64. The van der Waals surface area contributed by atoms with Gasteiger partial charge in [-0.25, -0.2) is 0 Å². The molecule has 0 aromatic carbocycles. The van der Waals surface area contributed by atoms with Crippen LogP contribution in [0, 0.1) is 5.92 Å². The first-order chi connectivity index (χ1) is 8.16. The van der Waals surface area contributed by atoms with Crippen LogP contribution in [-0.2, 0) is 11.8 Å². The van der Waals surface area contributed by atoms with Gasteiger partial charge in [-0.1, -0.05) is 0 Å². The molecule has 1 fully saturated rings. The first kappa shape index (κ1) is 12.6. The number of ether oxygens (including phenoxy) is 1. The zero-order valence-electron chi connectivity index (χ0n) is 9.91. The first-order valence-electron chi connectivity index (χ1n) is 5.84. The number of nitrogens with one attached hydrogen (secondary N) is 1. The highest BCUT2D eigenvalue weighted by molar-refractivity contribution is 9.10. The molecular weight excluding hydrogens is 284 g/mol. The Bertz CT molecular complexity index is 397. The number of rotatable bonds is 3. The molecule has 1 N–H and O–H groups in total. The minimum Gasteiger partial charge on any atom is -0.381 e. The minimum atomic E-state index is -0.0243. The van der Waals surface area contributed by atoms with Crippen molar-refractivity contribution in [1.29, 1.82) is 0 Å². The lowest BCUT2D eigenvalue weighted by atomic mass is 10.0. The van der Waals surface area contributed by atoms with Crippen LogP contribution in [0.25, 0.3) is 0 Å². The number of amides is 1. The van der Waals surface area contributed by atoms with Crippen molar-refractivity contribution in [3.63, 3.8) is 0 Å². The smallest absolute Gasteiger partial charge is 0.267 e. The lowest BCUT2D eigenvalue weighted by molar-refractivity contribution is 0.0535. The summed E-state index contributed by atoms with van der Waals surface area (Å²) in [4.78, 5) is 11.9. The summed E-state index contributed by atoms with van der Waals surface area (Å²) in [5.41, 5.74) is 0.675. The third-order valence-corrected chi connectivity index (χ3v) is 3.44. The van der Waals surface area contributed by atoms with Crippen LogP contribution < -0.4 is 5.32 Å². The van der Waals surface area contributed by atoms with Gasteiger partial charge in [0.15, 0.2) is 0 Å². The summed E-state index contributed by atoms with van der Waals surface area (Å²) in [7, 11) is 1.86. The number of aryl methyl sites for hydroxylation is 1. The van der Waals surface area contributed by atoms with Gasteiger partial charge in [0.1, 0.15) is 5.69 Å². The minimum absolute atomic E-state index is 0.0243. The van der Waals surface area contributed by atoms with Gasteiger partial charge in [0.2, 0.25) is 0 Å². The Balaban J connectivity index is 1.86. The molecule has 2 heterocycles. The van der Waals surface area contributed by atoms with E-state index >= 15 is 0 Å². The summed E-state index contributed by atoms with van der Waals surface area (Å²) >= 11 is 3.36. The maximum Gasteiger partial charge on any atom is 0.267 e. The average Bonchev–Trinajstić information content (AvgIpc) is 2.67. The van der Waals surface area contributed by atoms with E-state index in [1.54, 1.807) is 0 Å². The molecular formula is C12H17BrN2O2. The topological polar surface area (TPSA) is 43.3 Å². The average molecular weight is 301 g/mol. The molecule has 0 radical (unpaired) electrons. The van der Waals surface area contributed by atoms with Crippen molar-refractivity contribution >= 4 is 21.8 Å². The Morgan fingerprint density at radius 2 is 2.53 bits per heavy atom. The molecule has 1 aliphatic rings. The van der Waals surface area contributed by atoms with Crippen molar-refractivity contribution < 1.29 is 9.53 Å². The molecule has 0 bridgehead atoms. The molecule has 0 spiro atoms. The molecule has 0 saturated carbocycles. The second-order valence-corrected chi connectivity index (χ2v) is 5.36. The number of carbonyl (C=O) groups excluding carboxylic acids is 1. The van der Waals surface area contributed by atoms with Gasteiger partial charge in [-0.3, -0.25) is 4.79 Å². The standard InChI is InChI=1S/C12H17BrN2O2/c1-15-7-10(13)5-11(15)12(16)14-6-9-3-2-4-17-8-9/h5,7,9H,2-4,6,8H2,1H3,(H,14,16). The fraction of sp³-hybridized carbons (Fsp3) is 0.583. The number of hydrogen-bond donors (Lipinski definition) is 1. The van der Waals surface area contributed by atoms with Gasteiger partial charge in [0, 0.05) is 30.9 Å².